The first kappa shape index (κ1) is 17.2. The highest BCUT2D eigenvalue weighted by Gasteiger charge is 2.31. The van der Waals surface area contributed by atoms with Crippen molar-refractivity contribution >= 4 is 16.9 Å². The molecule has 0 atom stereocenters. The van der Waals surface area contributed by atoms with Crippen molar-refractivity contribution in [3.63, 3.8) is 0 Å². The van der Waals surface area contributed by atoms with Crippen LogP contribution in [0.4, 0.5) is 0 Å². The van der Waals surface area contributed by atoms with Crippen LogP contribution in [0.1, 0.15) is 59.8 Å². The molecule has 1 saturated heterocycles. The fourth-order valence-electron chi connectivity index (χ4n) is 4.41. The predicted molar refractivity (Wildman–Crippen MR) is 105 cm³/mol. The maximum Gasteiger partial charge on any atom is 0.254 e. The van der Waals surface area contributed by atoms with E-state index in [0.717, 1.165) is 66.5 Å². The van der Waals surface area contributed by atoms with Crippen LogP contribution in [0.3, 0.4) is 0 Å². The highest BCUT2D eigenvalue weighted by molar-refractivity contribution is 6.06. The van der Waals surface area contributed by atoms with Crippen molar-refractivity contribution in [1.82, 2.24) is 24.6 Å². The van der Waals surface area contributed by atoms with Crippen molar-refractivity contribution < 1.29 is 4.79 Å². The number of amides is 1. The molecule has 0 radical (unpaired) electrons. The minimum absolute atomic E-state index is 0.161. The Morgan fingerprint density at radius 2 is 1.96 bits per heavy atom. The van der Waals surface area contributed by atoms with Gasteiger partial charge in [-0.15, -0.1) is 0 Å². The monoisotopic (exact) mass is 367 g/mol. The van der Waals surface area contributed by atoms with Crippen LogP contribution >= 0.6 is 0 Å². The molecule has 5 rings (SSSR count). The van der Waals surface area contributed by atoms with Crippen molar-refractivity contribution in [2.24, 2.45) is 13.0 Å². The Labute approximate surface area is 160 Å². The summed E-state index contributed by atoms with van der Waals surface area (Å²) in [5.41, 5.74) is 3.63. The van der Waals surface area contributed by atoms with Crippen LogP contribution in [0.5, 0.6) is 0 Å². The van der Waals surface area contributed by atoms with E-state index in [-0.39, 0.29) is 5.91 Å². The summed E-state index contributed by atoms with van der Waals surface area (Å²) in [5, 5.41) is 5.48. The van der Waals surface area contributed by atoms with Gasteiger partial charge < -0.3 is 9.80 Å². The van der Waals surface area contributed by atoms with Crippen molar-refractivity contribution in [1.29, 1.82) is 0 Å². The second-order valence-electron chi connectivity index (χ2n) is 8.67. The molecule has 0 aromatic carbocycles. The molecule has 0 bridgehead atoms. The number of fused-ring (bicyclic) bond motifs is 1. The van der Waals surface area contributed by atoms with Crippen molar-refractivity contribution in [3.8, 4) is 0 Å². The molecule has 3 heterocycles. The Hall–Kier alpha value is -1.95. The molecule has 6 nitrogen and oxygen atoms in total. The lowest BCUT2D eigenvalue weighted by molar-refractivity contribution is 0.0763. The zero-order valence-electron chi connectivity index (χ0n) is 16.4. The molecule has 2 saturated carbocycles. The lowest BCUT2D eigenvalue weighted by Crippen LogP contribution is -2.36. The lowest BCUT2D eigenvalue weighted by atomic mass is 10.1. The van der Waals surface area contributed by atoms with E-state index < -0.39 is 0 Å². The highest BCUT2D eigenvalue weighted by Crippen LogP contribution is 2.40. The largest absolute Gasteiger partial charge is 0.337 e. The van der Waals surface area contributed by atoms with Crippen molar-refractivity contribution in [2.75, 3.05) is 32.7 Å². The lowest BCUT2D eigenvalue weighted by Gasteiger charge is -2.22. The van der Waals surface area contributed by atoms with E-state index >= 15 is 0 Å². The second kappa shape index (κ2) is 6.59. The van der Waals surface area contributed by atoms with Crippen LogP contribution in [0.25, 0.3) is 11.0 Å². The topological polar surface area (TPSA) is 54.3 Å². The molecule has 3 aliphatic rings. The number of rotatable bonds is 4. The van der Waals surface area contributed by atoms with Crippen LogP contribution in [0.2, 0.25) is 0 Å². The van der Waals surface area contributed by atoms with Crippen LogP contribution in [0.15, 0.2) is 6.07 Å². The molecular weight excluding hydrogens is 338 g/mol. The summed E-state index contributed by atoms with van der Waals surface area (Å²) < 4.78 is 1.83. The summed E-state index contributed by atoms with van der Waals surface area (Å²) in [6.07, 6.45) is 6.20. The summed E-state index contributed by atoms with van der Waals surface area (Å²) in [4.78, 5) is 23.0. The molecule has 2 aromatic rings. The van der Waals surface area contributed by atoms with Gasteiger partial charge in [-0.3, -0.25) is 9.48 Å². The summed E-state index contributed by atoms with van der Waals surface area (Å²) in [6.45, 7) is 6.99. The van der Waals surface area contributed by atoms with E-state index in [2.05, 4.69) is 21.0 Å². The molecular formula is C21H29N5O. The average Bonchev–Trinajstić information content (AvgIpc) is 3.55. The van der Waals surface area contributed by atoms with E-state index in [9.17, 15) is 4.79 Å². The molecule has 2 aliphatic carbocycles. The maximum atomic E-state index is 13.5. The number of carbonyl (C=O) groups is 1. The van der Waals surface area contributed by atoms with Crippen molar-refractivity contribution in [3.05, 3.63) is 23.0 Å². The highest BCUT2D eigenvalue weighted by atomic mass is 16.2. The van der Waals surface area contributed by atoms with Gasteiger partial charge >= 0.3 is 0 Å². The predicted octanol–water partition coefficient (Wildman–Crippen LogP) is 2.71. The smallest absolute Gasteiger partial charge is 0.254 e. The molecule has 144 valence electrons. The van der Waals surface area contributed by atoms with Crippen LogP contribution in [-0.2, 0) is 7.05 Å². The standard InChI is InChI=1S/C21H29N5O/c1-14-19-17(12-18(16-6-7-16)22-20(19)24(2)23-14)21(27)26-9-3-8-25(10-11-26)13-15-4-5-15/h12,15-16H,3-11,13H2,1-2H3. The molecule has 1 aliphatic heterocycles. The molecule has 0 spiro atoms. The summed E-state index contributed by atoms with van der Waals surface area (Å²) in [7, 11) is 1.93. The number of aromatic nitrogens is 3. The van der Waals surface area contributed by atoms with Gasteiger partial charge in [0.25, 0.3) is 5.91 Å². The van der Waals surface area contributed by atoms with Gasteiger partial charge in [0, 0.05) is 44.8 Å². The van der Waals surface area contributed by atoms with E-state index in [1.54, 1.807) is 0 Å². The maximum absolute atomic E-state index is 13.5. The molecule has 0 N–H and O–H groups in total. The molecule has 6 heteroatoms. The Bertz CT molecular complexity index is 880. The number of aryl methyl sites for hydroxylation is 2. The first-order valence-electron chi connectivity index (χ1n) is 10.5. The molecule has 3 fully saturated rings. The van der Waals surface area contributed by atoms with E-state index in [4.69, 9.17) is 4.98 Å². The second-order valence-corrected chi connectivity index (χ2v) is 8.67. The normalized spacial score (nSPS) is 21.6. The van der Waals surface area contributed by atoms with Gasteiger partial charge in [-0.05, 0) is 57.6 Å². The van der Waals surface area contributed by atoms with E-state index in [1.165, 1.54) is 32.2 Å². The first-order valence-corrected chi connectivity index (χ1v) is 10.5. The summed E-state index contributed by atoms with van der Waals surface area (Å²) in [5.74, 6) is 1.59. The SMILES string of the molecule is Cc1nn(C)c2nc(C3CC3)cc(C(=O)N3CCCN(CC4CC4)CC3)c12. The molecule has 1 amide bonds. The number of hydrogen-bond acceptors (Lipinski definition) is 4. The minimum atomic E-state index is 0.161. The van der Waals surface area contributed by atoms with Gasteiger partial charge in [-0.1, -0.05) is 0 Å². The Balaban J connectivity index is 1.44. The van der Waals surface area contributed by atoms with Gasteiger partial charge in [0.15, 0.2) is 5.65 Å². The minimum Gasteiger partial charge on any atom is -0.337 e. The van der Waals surface area contributed by atoms with Gasteiger partial charge in [-0.2, -0.15) is 5.10 Å². The van der Waals surface area contributed by atoms with Crippen LogP contribution in [-0.4, -0.2) is 63.2 Å². The Kier molecular flexibility index (Phi) is 4.19. The Morgan fingerprint density at radius 3 is 2.70 bits per heavy atom. The van der Waals surface area contributed by atoms with Gasteiger partial charge in [0.2, 0.25) is 0 Å². The molecule has 0 unspecified atom stereocenters. The summed E-state index contributed by atoms with van der Waals surface area (Å²) >= 11 is 0. The Morgan fingerprint density at radius 1 is 1.15 bits per heavy atom. The zero-order chi connectivity index (χ0) is 18.5. The fraction of sp³-hybridized carbons (Fsp3) is 0.667. The van der Waals surface area contributed by atoms with Crippen LogP contribution in [0, 0.1) is 12.8 Å². The average molecular weight is 367 g/mol. The fourth-order valence-corrected chi connectivity index (χ4v) is 4.41. The number of hydrogen-bond donors (Lipinski definition) is 0. The summed E-state index contributed by atoms with van der Waals surface area (Å²) in [6, 6.07) is 2.06. The number of nitrogens with zero attached hydrogens (tertiary/aromatic N) is 5. The molecule has 2 aromatic heterocycles. The van der Waals surface area contributed by atoms with Gasteiger partial charge in [0.1, 0.15) is 0 Å². The number of pyridine rings is 1. The van der Waals surface area contributed by atoms with Crippen LogP contribution < -0.4 is 0 Å². The van der Waals surface area contributed by atoms with Gasteiger partial charge in [0.05, 0.1) is 16.6 Å². The molecule has 27 heavy (non-hydrogen) atoms. The third-order valence-electron chi connectivity index (χ3n) is 6.30. The van der Waals surface area contributed by atoms with E-state index in [0.29, 0.717) is 5.92 Å². The van der Waals surface area contributed by atoms with Crippen molar-refractivity contribution in [2.45, 2.75) is 44.9 Å². The third-order valence-corrected chi connectivity index (χ3v) is 6.30. The van der Waals surface area contributed by atoms with E-state index in [1.807, 2.05) is 18.7 Å². The van der Waals surface area contributed by atoms with Gasteiger partial charge in [-0.25, -0.2) is 4.98 Å². The first-order chi connectivity index (χ1) is 13.1. The third kappa shape index (κ3) is 3.35. The number of carbonyl (C=O) groups excluding carboxylic acids is 1. The quantitative estimate of drug-likeness (QED) is 0.834. The zero-order valence-corrected chi connectivity index (χ0v) is 16.4.